The molecule has 15 heavy (non-hydrogen) atoms. The lowest BCUT2D eigenvalue weighted by Gasteiger charge is -2.09. The summed E-state index contributed by atoms with van der Waals surface area (Å²) in [5.41, 5.74) is 2.64. The molecule has 0 heterocycles. The van der Waals surface area contributed by atoms with Crippen LogP contribution >= 0.6 is 23.4 Å². The number of hydrogen-bond acceptors (Lipinski definition) is 2. The normalized spacial score (nSPS) is 10.0. The van der Waals surface area contributed by atoms with Crippen LogP contribution in [-0.2, 0) is 12.8 Å². The molecule has 0 atom stereocenters. The summed E-state index contributed by atoms with van der Waals surface area (Å²) in [4.78, 5) is 1.02. The van der Waals surface area contributed by atoms with Gasteiger partial charge in [0.25, 0.3) is 0 Å². The number of hydrogen-bond donors (Lipinski definition) is 0. The van der Waals surface area contributed by atoms with Crippen molar-refractivity contribution in [3.05, 3.63) is 28.3 Å². The zero-order chi connectivity index (χ0) is 11.3. The number of nitriles is 1. The van der Waals surface area contributed by atoms with Gasteiger partial charge in [0.15, 0.2) is 0 Å². The molecule has 0 bridgehead atoms. The third kappa shape index (κ3) is 3.15. The largest absolute Gasteiger partial charge is 0.197 e. The summed E-state index contributed by atoms with van der Waals surface area (Å²) in [6.45, 7) is 4.27. The standard InChI is InChI=1S/C12H14ClNS/c1-3-9-7-11(13)12(15-6-5-14)8-10(9)4-2/h7-8H,3-4,6H2,1-2H3. The number of thioether (sulfide) groups is 1. The number of aryl methyl sites for hydroxylation is 2. The van der Waals surface area contributed by atoms with Gasteiger partial charge in [-0.1, -0.05) is 25.4 Å². The quantitative estimate of drug-likeness (QED) is 0.740. The maximum absolute atomic E-state index is 8.53. The SMILES string of the molecule is CCc1cc(Cl)c(SCC#N)cc1CC. The molecule has 0 radical (unpaired) electrons. The molecule has 1 aromatic carbocycles. The Morgan fingerprint density at radius 2 is 1.87 bits per heavy atom. The Hall–Kier alpha value is -0.650. The van der Waals surface area contributed by atoms with Crippen LogP contribution in [0.4, 0.5) is 0 Å². The van der Waals surface area contributed by atoms with E-state index in [2.05, 4.69) is 26.0 Å². The fourth-order valence-corrected chi connectivity index (χ4v) is 2.51. The van der Waals surface area contributed by atoms with E-state index in [-0.39, 0.29) is 0 Å². The molecular weight excluding hydrogens is 226 g/mol. The van der Waals surface area contributed by atoms with Crippen molar-refractivity contribution in [2.24, 2.45) is 0 Å². The van der Waals surface area contributed by atoms with E-state index in [4.69, 9.17) is 16.9 Å². The van der Waals surface area contributed by atoms with Crippen molar-refractivity contribution in [1.82, 2.24) is 0 Å². The Labute approximate surface area is 100 Å². The lowest BCUT2D eigenvalue weighted by atomic mass is 10.0. The van der Waals surface area contributed by atoms with Crippen molar-refractivity contribution >= 4 is 23.4 Å². The predicted octanol–water partition coefficient (Wildman–Crippen LogP) is 4.08. The van der Waals surface area contributed by atoms with Gasteiger partial charge in [-0.3, -0.25) is 0 Å². The second-order valence-corrected chi connectivity index (χ2v) is 4.63. The van der Waals surface area contributed by atoms with Crippen molar-refractivity contribution in [3.8, 4) is 6.07 Å². The average Bonchev–Trinajstić information content (AvgIpc) is 2.27. The van der Waals surface area contributed by atoms with E-state index >= 15 is 0 Å². The lowest BCUT2D eigenvalue weighted by molar-refractivity contribution is 1.02. The van der Waals surface area contributed by atoms with Gasteiger partial charge in [-0.05, 0) is 36.1 Å². The van der Waals surface area contributed by atoms with Gasteiger partial charge >= 0.3 is 0 Å². The molecule has 0 unspecified atom stereocenters. The fourth-order valence-electron chi connectivity index (χ4n) is 1.52. The van der Waals surface area contributed by atoms with Gasteiger partial charge in [-0.15, -0.1) is 11.8 Å². The van der Waals surface area contributed by atoms with Crippen molar-refractivity contribution in [2.45, 2.75) is 31.6 Å². The van der Waals surface area contributed by atoms with E-state index in [1.54, 1.807) is 0 Å². The van der Waals surface area contributed by atoms with E-state index in [1.165, 1.54) is 22.9 Å². The first-order chi connectivity index (χ1) is 7.22. The molecule has 0 N–H and O–H groups in total. The number of rotatable bonds is 4. The van der Waals surface area contributed by atoms with E-state index < -0.39 is 0 Å². The number of benzene rings is 1. The molecule has 0 aliphatic heterocycles. The minimum atomic E-state index is 0.453. The maximum atomic E-state index is 8.53. The van der Waals surface area contributed by atoms with E-state index in [1.807, 2.05) is 6.07 Å². The van der Waals surface area contributed by atoms with Gasteiger partial charge in [0.05, 0.1) is 16.8 Å². The number of halogens is 1. The van der Waals surface area contributed by atoms with Gasteiger partial charge < -0.3 is 0 Å². The van der Waals surface area contributed by atoms with Gasteiger partial charge in [0.1, 0.15) is 0 Å². The molecule has 80 valence electrons. The van der Waals surface area contributed by atoms with Crippen molar-refractivity contribution in [2.75, 3.05) is 5.75 Å². The molecule has 0 fully saturated rings. The Morgan fingerprint density at radius 3 is 2.40 bits per heavy atom. The summed E-state index contributed by atoms with van der Waals surface area (Å²) < 4.78 is 0. The molecule has 1 rings (SSSR count). The van der Waals surface area contributed by atoms with Gasteiger partial charge in [-0.25, -0.2) is 0 Å². The van der Waals surface area contributed by atoms with E-state index in [9.17, 15) is 0 Å². The first kappa shape index (κ1) is 12.4. The highest BCUT2D eigenvalue weighted by atomic mass is 35.5. The molecule has 0 amide bonds. The third-order valence-electron chi connectivity index (χ3n) is 2.31. The zero-order valence-corrected chi connectivity index (χ0v) is 10.6. The van der Waals surface area contributed by atoms with Crippen molar-refractivity contribution in [3.63, 3.8) is 0 Å². The van der Waals surface area contributed by atoms with Crippen LogP contribution in [0.25, 0.3) is 0 Å². The van der Waals surface area contributed by atoms with Crippen LogP contribution in [0.15, 0.2) is 17.0 Å². The van der Waals surface area contributed by atoms with Gasteiger partial charge in [0, 0.05) is 4.90 Å². The molecule has 0 spiro atoms. The predicted molar refractivity (Wildman–Crippen MR) is 66.5 cm³/mol. The molecule has 3 heteroatoms. The molecular formula is C12H14ClNS. The molecule has 0 aliphatic carbocycles. The average molecular weight is 240 g/mol. The molecule has 0 saturated heterocycles. The van der Waals surface area contributed by atoms with Crippen LogP contribution < -0.4 is 0 Å². The topological polar surface area (TPSA) is 23.8 Å². The van der Waals surface area contributed by atoms with E-state index in [0.29, 0.717) is 5.75 Å². The second kappa shape index (κ2) is 6.05. The molecule has 1 aromatic rings. The van der Waals surface area contributed by atoms with Crippen LogP contribution in [-0.4, -0.2) is 5.75 Å². The Kier molecular flexibility index (Phi) is 5.01. The molecule has 0 saturated carbocycles. The summed E-state index contributed by atoms with van der Waals surface area (Å²) in [6.07, 6.45) is 2.02. The van der Waals surface area contributed by atoms with Crippen LogP contribution in [0.1, 0.15) is 25.0 Å². The third-order valence-corrected chi connectivity index (χ3v) is 3.66. The summed E-state index contributed by atoms with van der Waals surface area (Å²) in [5.74, 6) is 0.453. The van der Waals surface area contributed by atoms with Crippen LogP contribution in [0.5, 0.6) is 0 Å². The lowest BCUT2D eigenvalue weighted by Crippen LogP contribution is -1.92. The highest BCUT2D eigenvalue weighted by molar-refractivity contribution is 7.99. The summed E-state index contributed by atoms with van der Waals surface area (Å²) in [5, 5.41) is 9.30. The van der Waals surface area contributed by atoms with Gasteiger partial charge in [-0.2, -0.15) is 5.26 Å². The maximum Gasteiger partial charge on any atom is 0.0855 e. The molecule has 1 nitrogen and oxygen atoms in total. The number of nitrogens with zero attached hydrogens (tertiary/aromatic N) is 1. The first-order valence-corrected chi connectivity index (χ1v) is 6.40. The minimum Gasteiger partial charge on any atom is -0.197 e. The van der Waals surface area contributed by atoms with Crippen LogP contribution in [0.3, 0.4) is 0 Å². The summed E-state index contributed by atoms with van der Waals surface area (Å²) in [7, 11) is 0. The monoisotopic (exact) mass is 239 g/mol. The Morgan fingerprint density at radius 1 is 1.27 bits per heavy atom. The second-order valence-electron chi connectivity index (χ2n) is 3.21. The highest BCUT2D eigenvalue weighted by Gasteiger charge is 2.06. The summed E-state index contributed by atoms with van der Waals surface area (Å²) in [6, 6.07) is 6.26. The highest BCUT2D eigenvalue weighted by Crippen LogP contribution is 2.30. The van der Waals surface area contributed by atoms with Crippen molar-refractivity contribution < 1.29 is 0 Å². The zero-order valence-electron chi connectivity index (χ0n) is 9.01. The Balaban J connectivity index is 3.03. The molecule has 0 aromatic heterocycles. The van der Waals surface area contributed by atoms with Gasteiger partial charge in [0.2, 0.25) is 0 Å². The fraction of sp³-hybridized carbons (Fsp3) is 0.417. The first-order valence-electron chi connectivity index (χ1n) is 5.03. The Bertz CT molecular complexity index is 382. The van der Waals surface area contributed by atoms with Crippen molar-refractivity contribution in [1.29, 1.82) is 5.26 Å². The molecule has 0 aliphatic rings. The van der Waals surface area contributed by atoms with Crippen LogP contribution in [0.2, 0.25) is 5.02 Å². The van der Waals surface area contributed by atoms with Crippen LogP contribution in [0, 0.1) is 11.3 Å². The van der Waals surface area contributed by atoms with E-state index in [0.717, 1.165) is 22.8 Å². The summed E-state index contributed by atoms with van der Waals surface area (Å²) >= 11 is 7.65. The smallest absolute Gasteiger partial charge is 0.0855 e. The minimum absolute atomic E-state index is 0.453.